The normalized spacial score (nSPS) is 44.7. The SMILES string of the molecule is COC1C(OC(C)=O)CC[C@]2(CO2)C1C1(C)O[C@@H]1CC=C(C)C. The van der Waals surface area contributed by atoms with Crippen LogP contribution in [0.3, 0.4) is 0 Å². The van der Waals surface area contributed by atoms with Crippen LogP contribution in [-0.4, -0.2) is 49.2 Å². The summed E-state index contributed by atoms with van der Waals surface area (Å²) in [4.78, 5) is 11.4. The van der Waals surface area contributed by atoms with Crippen molar-refractivity contribution in [2.75, 3.05) is 13.7 Å². The molecular formula is C18H28O5. The lowest BCUT2D eigenvalue weighted by Crippen LogP contribution is -2.55. The average Bonchev–Trinajstić information content (AvgIpc) is 3.37. The fraction of sp³-hybridized carbons (Fsp3) is 0.833. The van der Waals surface area contributed by atoms with Gasteiger partial charge in [-0.2, -0.15) is 0 Å². The van der Waals surface area contributed by atoms with E-state index in [4.69, 9.17) is 18.9 Å². The highest BCUT2D eigenvalue weighted by Gasteiger charge is 2.72. The summed E-state index contributed by atoms with van der Waals surface area (Å²) in [7, 11) is 1.69. The summed E-state index contributed by atoms with van der Waals surface area (Å²) in [5, 5.41) is 0. The summed E-state index contributed by atoms with van der Waals surface area (Å²) >= 11 is 0. The molecule has 130 valence electrons. The molecule has 0 N–H and O–H groups in total. The number of carbonyl (C=O) groups is 1. The van der Waals surface area contributed by atoms with Gasteiger partial charge in [0.25, 0.3) is 0 Å². The summed E-state index contributed by atoms with van der Waals surface area (Å²) in [6.07, 6.45) is 4.56. The second kappa shape index (κ2) is 5.87. The quantitative estimate of drug-likeness (QED) is 0.442. The van der Waals surface area contributed by atoms with Crippen LogP contribution in [0.2, 0.25) is 0 Å². The van der Waals surface area contributed by atoms with E-state index in [9.17, 15) is 4.79 Å². The van der Waals surface area contributed by atoms with Crippen molar-refractivity contribution in [3.05, 3.63) is 11.6 Å². The van der Waals surface area contributed by atoms with Crippen LogP contribution in [0.1, 0.15) is 47.0 Å². The predicted octanol–water partition coefficient (Wildman–Crippen LogP) is 2.63. The molecule has 3 fully saturated rings. The van der Waals surface area contributed by atoms with Gasteiger partial charge in [-0.25, -0.2) is 0 Å². The summed E-state index contributed by atoms with van der Waals surface area (Å²) in [5.41, 5.74) is 0.859. The first-order valence-corrected chi connectivity index (χ1v) is 8.47. The van der Waals surface area contributed by atoms with Gasteiger partial charge in [-0.1, -0.05) is 11.6 Å². The number of hydrogen-bond donors (Lipinski definition) is 0. The largest absolute Gasteiger partial charge is 0.460 e. The highest BCUT2D eigenvalue weighted by Crippen LogP contribution is 2.59. The zero-order chi connectivity index (χ0) is 16.8. The maximum atomic E-state index is 11.4. The molecule has 5 nitrogen and oxygen atoms in total. The average molecular weight is 324 g/mol. The minimum atomic E-state index is -0.276. The minimum Gasteiger partial charge on any atom is -0.460 e. The number of carbonyl (C=O) groups excluding carboxylic acids is 1. The molecule has 2 heterocycles. The Hall–Kier alpha value is -0.910. The van der Waals surface area contributed by atoms with E-state index in [0.717, 1.165) is 25.9 Å². The fourth-order valence-corrected chi connectivity index (χ4v) is 4.28. The molecule has 0 bridgehead atoms. The molecule has 5 heteroatoms. The summed E-state index contributed by atoms with van der Waals surface area (Å²) < 4.78 is 23.3. The number of hydrogen-bond acceptors (Lipinski definition) is 5. The van der Waals surface area contributed by atoms with Gasteiger partial charge in [0.1, 0.15) is 23.4 Å². The van der Waals surface area contributed by atoms with Crippen molar-refractivity contribution in [2.24, 2.45) is 5.92 Å². The molecule has 3 rings (SSSR count). The van der Waals surface area contributed by atoms with E-state index in [0.29, 0.717) is 0 Å². The van der Waals surface area contributed by atoms with E-state index in [2.05, 4.69) is 26.8 Å². The van der Waals surface area contributed by atoms with E-state index >= 15 is 0 Å². The van der Waals surface area contributed by atoms with Crippen LogP contribution in [0.15, 0.2) is 11.6 Å². The van der Waals surface area contributed by atoms with E-state index in [1.54, 1.807) is 7.11 Å². The van der Waals surface area contributed by atoms with Crippen molar-refractivity contribution >= 4 is 5.97 Å². The first-order valence-electron chi connectivity index (χ1n) is 8.47. The molecule has 0 aromatic heterocycles. The van der Waals surface area contributed by atoms with Crippen LogP contribution in [-0.2, 0) is 23.7 Å². The van der Waals surface area contributed by atoms with E-state index in [1.807, 2.05) is 0 Å². The number of rotatable bonds is 5. The lowest BCUT2D eigenvalue weighted by atomic mass is 9.68. The minimum absolute atomic E-state index is 0.0914. The van der Waals surface area contributed by atoms with Crippen molar-refractivity contribution in [3.8, 4) is 0 Å². The molecule has 3 aliphatic rings. The second-order valence-corrected chi connectivity index (χ2v) is 7.53. The van der Waals surface area contributed by atoms with Gasteiger partial charge in [0.15, 0.2) is 0 Å². The molecule has 0 aromatic rings. The third-order valence-corrected chi connectivity index (χ3v) is 5.55. The monoisotopic (exact) mass is 324 g/mol. The van der Waals surface area contributed by atoms with Crippen LogP contribution in [0, 0.1) is 5.92 Å². The Bertz CT molecular complexity index is 506. The molecule has 1 spiro atoms. The number of ether oxygens (including phenoxy) is 4. The highest BCUT2D eigenvalue weighted by atomic mass is 16.6. The summed E-state index contributed by atoms with van der Waals surface area (Å²) in [6, 6.07) is 0. The maximum absolute atomic E-state index is 11.4. The van der Waals surface area contributed by atoms with Crippen molar-refractivity contribution in [1.82, 2.24) is 0 Å². The lowest BCUT2D eigenvalue weighted by Gasteiger charge is -2.42. The van der Waals surface area contributed by atoms with Crippen LogP contribution in [0.4, 0.5) is 0 Å². The topological polar surface area (TPSA) is 60.6 Å². The highest BCUT2D eigenvalue weighted by molar-refractivity contribution is 5.66. The Kier molecular flexibility index (Phi) is 4.32. The van der Waals surface area contributed by atoms with Crippen LogP contribution < -0.4 is 0 Å². The molecule has 2 aliphatic heterocycles. The Morgan fingerprint density at radius 1 is 1.35 bits per heavy atom. The molecule has 0 aromatic carbocycles. The molecule has 4 unspecified atom stereocenters. The molecule has 0 radical (unpaired) electrons. The lowest BCUT2D eigenvalue weighted by molar-refractivity contribution is -0.169. The van der Waals surface area contributed by atoms with Crippen LogP contribution in [0.25, 0.3) is 0 Å². The first kappa shape index (κ1) is 16.9. The third-order valence-electron chi connectivity index (χ3n) is 5.55. The first-order chi connectivity index (χ1) is 10.8. The van der Waals surface area contributed by atoms with Gasteiger partial charge in [0, 0.05) is 14.0 Å². The Balaban J connectivity index is 1.79. The smallest absolute Gasteiger partial charge is 0.302 e. The van der Waals surface area contributed by atoms with Gasteiger partial charge in [0.2, 0.25) is 0 Å². The Morgan fingerprint density at radius 3 is 2.57 bits per heavy atom. The van der Waals surface area contributed by atoms with Crippen molar-refractivity contribution < 1.29 is 23.7 Å². The number of allylic oxidation sites excluding steroid dienone is 1. The van der Waals surface area contributed by atoms with Gasteiger partial charge in [-0.15, -0.1) is 0 Å². The Morgan fingerprint density at radius 2 is 2.04 bits per heavy atom. The van der Waals surface area contributed by atoms with E-state index in [1.165, 1.54) is 12.5 Å². The number of esters is 1. The zero-order valence-electron chi connectivity index (χ0n) is 14.8. The van der Waals surface area contributed by atoms with E-state index in [-0.39, 0.29) is 41.4 Å². The van der Waals surface area contributed by atoms with Gasteiger partial charge in [0.05, 0.1) is 18.6 Å². The molecule has 1 saturated carbocycles. The van der Waals surface area contributed by atoms with E-state index < -0.39 is 0 Å². The van der Waals surface area contributed by atoms with Crippen LogP contribution in [0.5, 0.6) is 0 Å². The van der Waals surface area contributed by atoms with Gasteiger partial charge < -0.3 is 18.9 Å². The standard InChI is InChI=1S/C18H28O5/c1-11(2)6-7-14-17(4,23-14)16-15(20-5)13(22-12(3)19)8-9-18(16)10-21-18/h6,13-16H,7-10H2,1-5H3/t13?,14-,15?,16?,17?,18+/m1/s1. The number of methoxy groups -OCH3 is 1. The molecule has 23 heavy (non-hydrogen) atoms. The summed E-state index contributed by atoms with van der Waals surface area (Å²) in [6.45, 7) is 8.54. The molecule has 0 amide bonds. The molecule has 1 aliphatic carbocycles. The Labute approximate surface area is 138 Å². The fourth-order valence-electron chi connectivity index (χ4n) is 4.28. The van der Waals surface area contributed by atoms with Crippen molar-refractivity contribution in [3.63, 3.8) is 0 Å². The zero-order valence-corrected chi connectivity index (χ0v) is 14.8. The number of epoxide rings is 2. The van der Waals surface area contributed by atoms with Gasteiger partial charge in [-0.3, -0.25) is 4.79 Å². The summed E-state index contributed by atoms with van der Waals surface area (Å²) in [5.74, 6) is -0.167. The third kappa shape index (κ3) is 3.06. The van der Waals surface area contributed by atoms with Crippen molar-refractivity contribution in [1.29, 1.82) is 0 Å². The van der Waals surface area contributed by atoms with Crippen molar-refractivity contribution in [2.45, 2.75) is 76.5 Å². The van der Waals surface area contributed by atoms with Gasteiger partial charge >= 0.3 is 5.97 Å². The van der Waals surface area contributed by atoms with Gasteiger partial charge in [-0.05, 0) is 40.0 Å². The predicted molar refractivity (Wildman–Crippen MR) is 85.1 cm³/mol. The molecule has 2 saturated heterocycles. The maximum Gasteiger partial charge on any atom is 0.302 e. The molecule has 6 atom stereocenters. The van der Waals surface area contributed by atoms with Crippen LogP contribution >= 0.6 is 0 Å². The second-order valence-electron chi connectivity index (χ2n) is 7.53. The molecular weight excluding hydrogens is 296 g/mol.